The van der Waals surface area contributed by atoms with Gasteiger partial charge in [-0.05, 0) is 24.4 Å². The molecule has 2 aromatic rings. The second-order valence-corrected chi connectivity index (χ2v) is 5.01. The van der Waals surface area contributed by atoms with Crippen LogP contribution in [0.4, 0.5) is 5.69 Å². The molecular weight excluding hydrogens is 280 g/mol. The largest absolute Gasteiger partial charge is 0.346 e. The lowest BCUT2D eigenvalue weighted by atomic mass is 10.3. The van der Waals surface area contributed by atoms with E-state index in [1.165, 1.54) is 0 Å². The zero-order chi connectivity index (χ0) is 13.8. The van der Waals surface area contributed by atoms with E-state index >= 15 is 0 Å². The van der Waals surface area contributed by atoms with E-state index in [1.807, 2.05) is 49.3 Å². The average Bonchev–Trinajstić information content (AvgIpc) is 2.71. The van der Waals surface area contributed by atoms with Gasteiger partial charge in [-0.1, -0.05) is 29.8 Å². The lowest BCUT2D eigenvalue weighted by Crippen LogP contribution is -2.31. The lowest BCUT2D eigenvalue weighted by Gasteiger charge is -2.21. The quantitative estimate of drug-likeness (QED) is 0.883. The zero-order valence-electron chi connectivity index (χ0n) is 10.8. The fourth-order valence-electron chi connectivity index (χ4n) is 1.65. The van der Waals surface area contributed by atoms with Crippen molar-refractivity contribution < 1.29 is 0 Å². The lowest BCUT2D eigenvalue weighted by molar-refractivity contribution is 0.482. The number of benzene rings is 1. The highest BCUT2D eigenvalue weighted by molar-refractivity contribution is 7.80. The molecule has 0 spiro atoms. The number of hydrogen-bond donors (Lipinski definition) is 1. The first kappa shape index (κ1) is 13.8. The molecule has 0 saturated heterocycles. The average molecular weight is 295 g/mol. The van der Waals surface area contributed by atoms with Crippen LogP contribution in [-0.2, 0) is 13.6 Å². The molecule has 4 nitrogen and oxygen atoms in total. The van der Waals surface area contributed by atoms with Crippen LogP contribution in [0.25, 0.3) is 0 Å². The molecule has 100 valence electrons. The first-order valence-electron chi connectivity index (χ1n) is 5.81. The Balaban J connectivity index is 2.00. The van der Waals surface area contributed by atoms with E-state index in [0.29, 0.717) is 16.7 Å². The fourth-order valence-corrected chi connectivity index (χ4v) is 2.06. The summed E-state index contributed by atoms with van der Waals surface area (Å²) < 4.78 is 1.75. The van der Waals surface area contributed by atoms with Crippen molar-refractivity contribution in [2.75, 3.05) is 12.4 Å². The smallest absolute Gasteiger partial charge is 0.173 e. The van der Waals surface area contributed by atoms with E-state index in [9.17, 15) is 0 Å². The third kappa shape index (κ3) is 3.45. The first-order valence-corrected chi connectivity index (χ1v) is 6.60. The standard InChI is InChI=1S/C13H15ClN4S/c1-17(9-12-11(14)8-15-18(12)2)13(19)16-10-6-4-3-5-7-10/h3-8H,9H2,1-2H3,(H,16,19). The second kappa shape index (κ2) is 6.04. The Kier molecular flexibility index (Phi) is 4.39. The van der Waals surface area contributed by atoms with Crippen molar-refractivity contribution >= 4 is 34.6 Å². The predicted molar refractivity (Wildman–Crippen MR) is 82.3 cm³/mol. The number of aryl methyl sites for hydroxylation is 1. The summed E-state index contributed by atoms with van der Waals surface area (Å²) in [6.45, 7) is 0.605. The summed E-state index contributed by atoms with van der Waals surface area (Å²) in [6.07, 6.45) is 1.64. The highest BCUT2D eigenvalue weighted by Crippen LogP contribution is 2.16. The Morgan fingerprint density at radius 1 is 1.42 bits per heavy atom. The normalized spacial score (nSPS) is 10.3. The van der Waals surface area contributed by atoms with Gasteiger partial charge in [-0.2, -0.15) is 5.10 Å². The summed E-state index contributed by atoms with van der Waals surface area (Å²) in [4.78, 5) is 1.92. The zero-order valence-corrected chi connectivity index (χ0v) is 12.4. The Hall–Kier alpha value is -1.59. The second-order valence-electron chi connectivity index (χ2n) is 4.22. The van der Waals surface area contributed by atoms with E-state index in [0.717, 1.165) is 11.4 Å². The molecule has 0 aliphatic heterocycles. The molecule has 0 bridgehead atoms. The maximum atomic E-state index is 6.08. The van der Waals surface area contributed by atoms with E-state index in [1.54, 1.807) is 10.9 Å². The maximum Gasteiger partial charge on any atom is 0.173 e. The molecule has 0 aliphatic rings. The van der Waals surface area contributed by atoms with Gasteiger partial charge in [0.2, 0.25) is 0 Å². The van der Waals surface area contributed by atoms with Gasteiger partial charge in [0.15, 0.2) is 5.11 Å². The fraction of sp³-hybridized carbons (Fsp3) is 0.231. The van der Waals surface area contributed by atoms with Gasteiger partial charge in [-0.3, -0.25) is 4.68 Å². The van der Waals surface area contributed by atoms with Gasteiger partial charge in [0.05, 0.1) is 23.5 Å². The SMILES string of the molecule is CN(Cc1c(Cl)cnn1C)C(=S)Nc1ccccc1. The van der Waals surface area contributed by atoms with Crippen LogP contribution >= 0.6 is 23.8 Å². The molecule has 19 heavy (non-hydrogen) atoms. The molecule has 1 heterocycles. The summed E-state index contributed by atoms with van der Waals surface area (Å²) >= 11 is 11.4. The van der Waals surface area contributed by atoms with Gasteiger partial charge in [0.1, 0.15) is 0 Å². The van der Waals surface area contributed by atoms with Crippen LogP contribution in [-0.4, -0.2) is 26.8 Å². The van der Waals surface area contributed by atoms with Crippen LogP contribution in [0.2, 0.25) is 5.02 Å². The number of nitrogens with zero attached hydrogens (tertiary/aromatic N) is 3. The van der Waals surface area contributed by atoms with Crippen LogP contribution in [0.1, 0.15) is 5.69 Å². The number of anilines is 1. The third-order valence-electron chi connectivity index (χ3n) is 2.77. The molecule has 2 rings (SSSR count). The number of thiocarbonyl (C=S) groups is 1. The van der Waals surface area contributed by atoms with Crippen LogP contribution in [0.15, 0.2) is 36.5 Å². The minimum atomic E-state index is 0.605. The molecule has 0 fully saturated rings. The van der Waals surface area contributed by atoms with Gasteiger partial charge in [-0.25, -0.2) is 0 Å². The van der Waals surface area contributed by atoms with E-state index in [-0.39, 0.29) is 0 Å². The summed E-state index contributed by atoms with van der Waals surface area (Å²) in [5, 5.41) is 8.58. The Morgan fingerprint density at radius 3 is 2.68 bits per heavy atom. The van der Waals surface area contributed by atoms with Crippen LogP contribution in [0.3, 0.4) is 0 Å². The highest BCUT2D eigenvalue weighted by Gasteiger charge is 2.11. The van der Waals surface area contributed by atoms with Gasteiger partial charge in [-0.15, -0.1) is 0 Å². The van der Waals surface area contributed by atoms with Gasteiger partial charge in [0.25, 0.3) is 0 Å². The number of aromatic nitrogens is 2. The molecule has 0 radical (unpaired) electrons. The van der Waals surface area contributed by atoms with Gasteiger partial charge in [0, 0.05) is 19.8 Å². The molecule has 0 atom stereocenters. The number of para-hydroxylation sites is 1. The maximum absolute atomic E-state index is 6.08. The van der Waals surface area contributed by atoms with Crippen LogP contribution in [0, 0.1) is 0 Å². The number of nitrogens with one attached hydrogen (secondary N) is 1. The van der Waals surface area contributed by atoms with E-state index in [4.69, 9.17) is 23.8 Å². The van der Waals surface area contributed by atoms with Crippen molar-refractivity contribution in [3.8, 4) is 0 Å². The van der Waals surface area contributed by atoms with Gasteiger partial charge >= 0.3 is 0 Å². The molecule has 6 heteroatoms. The number of rotatable bonds is 3. The van der Waals surface area contributed by atoms with Crippen molar-refractivity contribution in [1.82, 2.24) is 14.7 Å². The van der Waals surface area contributed by atoms with Crippen molar-refractivity contribution in [2.45, 2.75) is 6.54 Å². The van der Waals surface area contributed by atoms with Crippen molar-refractivity contribution in [3.05, 3.63) is 47.2 Å². The minimum Gasteiger partial charge on any atom is -0.346 e. The van der Waals surface area contributed by atoms with E-state index in [2.05, 4.69) is 10.4 Å². The summed E-state index contributed by atoms with van der Waals surface area (Å²) in [5.41, 5.74) is 1.90. The third-order valence-corrected chi connectivity index (χ3v) is 3.50. The van der Waals surface area contributed by atoms with Crippen LogP contribution < -0.4 is 5.32 Å². The number of hydrogen-bond acceptors (Lipinski definition) is 2. The highest BCUT2D eigenvalue weighted by atomic mass is 35.5. The van der Waals surface area contributed by atoms with Crippen molar-refractivity contribution in [2.24, 2.45) is 7.05 Å². The van der Waals surface area contributed by atoms with Crippen molar-refractivity contribution in [1.29, 1.82) is 0 Å². The van der Waals surface area contributed by atoms with Crippen molar-refractivity contribution in [3.63, 3.8) is 0 Å². The predicted octanol–water partition coefficient (Wildman–Crippen LogP) is 2.90. The Morgan fingerprint density at radius 2 is 2.11 bits per heavy atom. The minimum absolute atomic E-state index is 0.605. The number of halogens is 1. The molecule has 0 amide bonds. The molecular formula is C13H15ClN4S. The van der Waals surface area contributed by atoms with Crippen LogP contribution in [0.5, 0.6) is 0 Å². The molecule has 0 saturated carbocycles. The summed E-state index contributed by atoms with van der Waals surface area (Å²) in [5.74, 6) is 0. The first-order chi connectivity index (χ1) is 9.08. The topological polar surface area (TPSA) is 33.1 Å². The molecule has 1 N–H and O–H groups in total. The molecule has 1 aromatic heterocycles. The van der Waals surface area contributed by atoms with E-state index < -0.39 is 0 Å². The van der Waals surface area contributed by atoms with Gasteiger partial charge < -0.3 is 10.2 Å². The summed E-state index contributed by atoms with van der Waals surface area (Å²) in [7, 11) is 3.78. The molecule has 0 unspecified atom stereocenters. The summed E-state index contributed by atoms with van der Waals surface area (Å²) in [6, 6.07) is 9.83. The molecule has 0 aliphatic carbocycles. The monoisotopic (exact) mass is 294 g/mol. The Bertz CT molecular complexity index is 548. The molecule has 1 aromatic carbocycles. The Labute approximate surface area is 123 Å².